The van der Waals surface area contributed by atoms with Gasteiger partial charge in [-0.3, -0.25) is 9.59 Å². The number of hydrogen-bond acceptors (Lipinski definition) is 5. The summed E-state index contributed by atoms with van der Waals surface area (Å²) in [5.41, 5.74) is 0. The fourth-order valence-corrected chi connectivity index (χ4v) is 0.193. The third kappa shape index (κ3) is 16.0. The van der Waals surface area contributed by atoms with E-state index in [2.05, 4.69) is 9.47 Å². The van der Waals surface area contributed by atoms with Gasteiger partial charge in [-0.15, -0.1) is 0 Å². The Hall–Kier alpha value is -1.10. The van der Waals surface area contributed by atoms with Gasteiger partial charge < -0.3 is 14.6 Å². The van der Waals surface area contributed by atoms with E-state index in [9.17, 15) is 9.59 Å². The molecule has 12 heavy (non-hydrogen) atoms. The van der Waals surface area contributed by atoms with E-state index in [-0.39, 0.29) is 25.0 Å². The van der Waals surface area contributed by atoms with Gasteiger partial charge in [-0.05, 0) is 0 Å². The van der Waals surface area contributed by atoms with Crippen LogP contribution in [0.3, 0.4) is 0 Å². The van der Waals surface area contributed by atoms with Gasteiger partial charge in [0.1, 0.15) is 0 Å². The molecule has 0 atom stereocenters. The van der Waals surface area contributed by atoms with Crippen molar-refractivity contribution in [1.29, 1.82) is 0 Å². The van der Waals surface area contributed by atoms with E-state index < -0.39 is 0 Å². The first-order chi connectivity index (χ1) is 5.58. The second kappa shape index (κ2) is 9.90. The van der Waals surface area contributed by atoms with Gasteiger partial charge in [0.2, 0.25) is 0 Å². The molecule has 0 aliphatic carbocycles. The summed E-state index contributed by atoms with van der Waals surface area (Å²) in [6.45, 7) is 1.23. The van der Waals surface area contributed by atoms with Crippen LogP contribution in [-0.4, -0.2) is 37.9 Å². The lowest BCUT2D eigenvalue weighted by Crippen LogP contribution is -2.01. The van der Waals surface area contributed by atoms with Gasteiger partial charge >= 0.3 is 11.9 Å². The minimum atomic E-state index is -0.373. The van der Waals surface area contributed by atoms with Crippen LogP contribution in [-0.2, 0) is 19.1 Å². The molecule has 0 fully saturated rings. The quantitative estimate of drug-likeness (QED) is 0.589. The molecule has 0 aliphatic heterocycles. The molecular formula is C7H14O5. The Morgan fingerprint density at radius 3 is 1.75 bits per heavy atom. The summed E-state index contributed by atoms with van der Waals surface area (Å²) in [7, 11) is 2.64. The second-order valence-electron chi connectivity index (χ2n) is 1.75. The Morgan fingerprint density at radius 2 is 1.67 bits per heavy atom. The van der Waals surface area contributed by atoms with E-state index >= 15 is 0 Å². The zero-order valence-corrected chi connectivity index (χ0v) is 7.49. The van der Waals surface area contributed by atoms with Crippen molar-refractivity contribution in [2.45, 2.75) is 13.3 Å². The lowest BCUT2D eigenvalue weighted by Gasteiger charge is -1.90. The maximum absolute atomic E-state index is 10.0. The van der Waals surface area contributed by atoms with Crippen molar-refractivity contribution in [3.05, 3.63) is 0 Å². The van der Waals surface area contributed by atoms with Crippen molar-refractivity contribution in [2.75, 3.05) is 20.8 Å². The van der Waals surface area contributed by atoms with Crippen molar-refractivity contribution in [3.8, 4) is 0 Å². The average molecular weight is 178 g/mol. The van der Waals surface area contributed by atoms with E-state index in [4.69, 9.17) is 5.11 Å². The molecule has 5 nitrogen and oxygen atoms in total. The molecular weight excluding hydrogens is 164 g/mol. The van der Waals surface area contributed by atoms with Gasteiger partial charge in [0.15, 0.2) is 0 Å². The van der Waals surface area contributed by atoms with Crippen LogP contribution < -0.4 is 0 Å². The van der Waals surface area contributed by atoms with Crippen LogP contribution in [0.25, 0.3) is 0 Å². The number of methoxy groups -OCH3 is 2. The monoisotopic (exact) mass is 178 g/mol. The molecule has 0 aromatic heterocycles. The van der Waals surface area contributed by atoms with Crippen LogP contribution in [0.4, 0.5) is 0 Å². The predicted molar refractivity (Wildman–Crippen MR) is 41.4 cm³/mol. The van der Waals surface area contributed by atoms with E-state index in [1.165, 1.54) is 21.1 Å². The highest BCUT2D eigenvalue weighted by atomic mass is 16.5. The summed E-state index contributed by atoms with van der Waals surface area (Å²) in [6.07, 6.45) is 0.0938. The molecule has 0 saturated carbocycles. The van der Waals surface area contributed by atoms with Crippen LogP contribution in [0, 0.1) is 0 Å². The molecule has 0 rings (SSSR count). The van der Waals surface area contributed by atoms with Gasteiger partial charge in [-0.25, -0.2) is 0 Å². The smallest absolute Gasteiger partial charge is 0.307 e. The Labute approximate surface area is 71.3 Å². The molecule has 0 bridgehead atoms. The van der Waals surface area contributed by atoms with Crippen molar-refractivity contribution in [3.63, 3.8) is 0 Å². The molecule has 0 aliphatic rings. The minimum absolute atomic E-state index is 0.0938. The lowest BCUT2D eigenvalue weighted by molar-refractivity contribution is -0.141. The van der Waals surface area contributed by atoms with Crippen molar-refractivity contribution >= 4 is 11.9 Å². The molecule has 72 valence electrons. The summed E-state index contributed by atoms with van der Waals surface area (Å²) >= 11 is 0. The SMILES string of the molecule is COC(=O)CCO.COC(C)=O. The van der Waals surface area contributed by atoms with Gasteiger partial charge in [-0.2, -0.15) is 0 Å². The molecule has 5 heteroatoms. The number of aliphatic hydroxyl groups is 1. The number of hydrogen-bond donors (Lipinski definition) is 1. The average Bonchev–Trinajstić information content (AvgIpc) is 2.06. The summed E-state index contributed by atoms with van der Waals surface area (Å²) in [4.78, 5) is 19.6. The maximum atomic E-state index is 10.0. The van der Waals surface area contributed by atoms with Crippen molar-refractivity contribution in [1.82, 2.24) is 0 Å². The van der Waals surface area contributed by atoms with Crippen LogP contribution in [0.2, 0.25) is 0 Å². The largest absolute Gasteiger partial charge is 0.469 e. The molecule has 0 aromatic rings. The third-order valence-electron chi connectivity index (χ3n) is 0.831. The number of carbonyl (C=O) groups excluding carboxylic acids is 2. The lowest BCUT2D eigenvalue weighted by atomic mass is 10.5. The molecule has 0 aromatic carbocycles. The normalized spacial score (nSPS) is 7.67. The van der Waals surface area contributed by atoms with E-state index in [0.717, 1.165) is 0 Å². The van der Waals surface area contributed by atoms with E-state index in [0.29, 0.717) is 0 Å². The minimum Gasteiger partial charge on any atom is -0.469 e. The van der Waals surface area contributed by atoms with Crippen LogP contribution in [0.1, 0.15) is 13.3 Å². The van der Waals surface area contributed by atoms with Crippen molar-refractivity contribution in [2.24, 2.45) is 0 Å². The number of esters is 2. The first-order valence-electron chi connectivity index (χ1n) is 3.30. The fraction of sp³-hybridized carbons (Fsp3) is 0.714. The number of aliphatic hydroxyl groups excluding tert-OH is 1. The fourth-order valence-electron chi connectivity index (χ4n) is 0.193. The first-order valence-corrected chi connectivity index (χ1v) is 3.30. The molecule has 0 unspecified atom stereocenters. The van der Waals surface area contributed by atoms with Gasteiger partial charge in [-0.1, -0.05) is 0 Å². The first kappa shape index (κ1) is 13.5. The second-order valence-corrected chi connectivity index (χ2v) is 1.75. The Kier molecular flexibility index (Phi) is 11.1. The highest BCUT2D eigenvalue weighted by Gasteiger charge is 1.93. The van der Waals surface area contributed by atoms with Gasteiger partial charge in [0.05, 0.1) is 27.2 Å². The summed E-state index contributed by atoms with van der Waals surface area (Å²) < 4.78 is 8.30. The Balaban J connectivity index is 0. The Morgan fingerprint density at radius 1 is 1.25 bits per heavy atom. The van der Waals surface area contributed by atoms with E-state index in [1.54, 1.807) is 0 Å². The molecule has 0 saturated heterocycles. The topological polar surface area (TPSA) is 72.8 Å². The van der Waals surface area contributed by atoms with Crippen molar-refractivity contribution < 1.29 is 24.2 Å². The number of ether oxygens (including phenoxy) is 2. The molecule has 1 N–H and O–H groups in total. The predicted octanol–water partition coefficient (Wildman–Crippen LogP) is -0.279. The zero-order valence-electron chi connectivity index (χ0n) is 7.49. The summed E-state index contributed by atoms with van der Waals surface area (Å²) in [5.74, 6) is -0.618. The van der Waals surface area contributed by atoms with Crippen LogP contribution >= 0.6 is 0 Å². The Bertz CT molecular complexity index is 132. The van der Waals surface area contributed by atoms with Gasteiger partial charge in [0, 0.05) is 6.92 Å². The molecule has 0 heterocycles. The number of rotatable bonds is 2. The summed E-state index contributed by atoms with van der Waals surface area (Å²) in [5, 5.41) is 8.07. The van der Waals surface area contributed by atoms with Crippen LogP contribution in [0.15, 0.2) is 0 Å². The molecule has 0 spiro atoms. The standard InChI is InChI=1S/C4H8O3.C3H6O2/c1-7-4(6)2-3-5;1-3(4)5-2/h5H,2-3H2,1H3;1-2H3. The molecule has 0 radical (unpaired) electrons. The van der Waals surface area contributed by atoms with E-state index in [1.807, 2.05) is 0 Å². The summed E-state index contributed by atoms with van der Waals surface area (Å²) in [6, 6.07) is 0. The highest BCUT2D eigenvalue weighted by molar-refractivity contribution is 5.69. The zero-order chi connectivity index (χ0) is 9.98. The molecule has 0 amide bonds. The maximum Gasteiger partial charge on any atom is 0.307 e. The highest BCUT2D eigenvalue weighted by Crippen LogP contribution is 1.78. The third-order valence-corrected chi connectivity index (χ3v) is 0.831. The van der Waals surface area contributed by atoms with Gasteiger partial charge in [0.25, 0.3) is 0 Å². The van der Waals surface area contributed by atoms with Crippen LogP contribution in [0.5, 0.6) is 0 Å². The number of carbonyl (C=O) groups is 2.